The van der Waals surface area contributed by atoms with Crippen LogP contribution in [0.4, 0.5) is 5.69 Å². The maximum atomic E-state index is 5.61. The highest BCUT2D eigenvalue weighted by molar-refractivity contribution is 9.10. The van der Waals surface area contributed by atoms with Crippen molar-refractivity contribution in [1.82, 2.24) is 0 Å². The van der Waals surface area contributed by atoms with Gasteiger partial charge in [-0.3, -0.25) is 0 Å². The summed E-state index contributed by atoms with van der Waals surface area (Å²) in [7, 11) is 1.74. The first-order valence-corrected chi connectivity index (χ1v) is 8.43. The van der Waals surface area contributed by atoms with Crippen molar-refractivity contribution in [2.24, 2.45) is 5.92 Å². The Hall–Kier alpha value is -1.74. The zero-order valence-corrected chi connectivity index (χ0v) is 14.0. The molecule has 0 aromatic heterocycles. The van der Waals surface area contributed by atoms with E-state index < -0.39 is 0 Å². The number of hydrogen-bond donors (Lipinski definition) is 1. The smallest absolute Gasteiger partial charge is 0.124 e. The average Bonchev–Trinajstić information content (AvgIpc) is 3.04. The van der Waals surface area contributed by atoms with Crippen molar-refractivity contribution in [2.75, 3.05) is 12.4 Å². The predicted molar refractivity (Wildman–Crippen MR) is 93.5 cm³/mol. The van der Waals surface area contributed by atoms with Crippen LogP contribution in [-0.4, -0.2) is 7.11 Å². The second-order valence-corrected chi connectivity index (χ2v) is 6.86. The molecule has 0 fully saturated rings. The third-order valence-electron chi connectivity index (χ3n) is 4.80. The van der Waals surface area contributed by atoms with Gasteiger partial charge in [-0.2, -0.15) is 0 Å². The highest BCUT2D eigenvalue weighted by Crippen LogP contribution is 2.51. The van der Waals surface area contributed by atoms with Gasteiger partial charge in [0.1, 0.15) is 5.75 Å². The molecule has 2 nitrogen and oxygen atoms in total. The molecule has 0 radical (unpaired) electrons. The first kappa shape index (κ1) is 13.9. The van der Waals surface area contributed by atoms with Crippen molar-refractivity contribution in [2.45, 2.75) is 18.4 Å². The van der Waals surface area contributed by atoms with E-state index in [9.17, 15) is 0 Å². The van der Waals surface area contributed by atoms with Gasteiger partial charge in [0.25, 0.3) is 0 Å². The van der Waals surface area contributed by atoms with Gasteiger partial charge < -0.3 is 10.1 Å². The Bertz CT molecular complexity index is 740. The molecule has 0 spiro atoms. The summed E-state index contributed by atoms with van der Waals surface area (Å²) >= 11 is 3.60. The highest BCUT2D eigenvalue weighted by Gasteiger charge is 2.38. The second kappa shape index (κ2) is 5.47. The topological polar surface area (TPSA) is 21.3 Å². The van der Waals surface area contributed by atoms with Crippen LogP contribution in [0.15, 0.2) is 59.1 Å². The SMILES string of the molecule is COc1ccc(Br)cc1[C@H]1Nc2ccccc2[C@H]2C=CC[C@H]21. The number of fused-ring (bicyclic) bond motifs is 3. The fourth-order valence-corrected chi connectivity index (χ4v) is 4.18. The van der Waals surface area contributed by atoms with E-state index in [4.69, 9.17) is 4.74 Å². The number of rotatable bonds is 2. The number of halogens is 1. The van der Waals surface area contributed by atoms with Crippen LogP contribution >= 0.6 is 15.9 Å². The zero-order valence-electron chi connectivity index (χ0n) is 12.4. The average molecular weight is 356 g/mol. The number of benzene rings is 2. The van der Waals surface area contributed by atoms with E-state index in [0.29, 0.717) is 11.8 Å². The van der Waals surface area contributed by atoms with Crippen LogP contribution in [0.1, 0.15) is 29.5 Å². The lowest BCUT2D eigenvalue weighted by molar-refractivity contribution is 0.381. The molecule has 0 saturated heterocycles. The van der Waals surface area contributed by atoms with Gasteiger partial charge in [-0.1, -0.05) is 46.3 Å². The predicted octanol–water partition coefficient (Wildman–Crippen LogP) is 5.28. The largest absolute Gasteiger partial charge is 0.496 e. The Morgan fingerprint density at radius 2 is 2.00 bits per heavy atom. The van der Waals surface area contributed by atoms with Crippen LogP contribution in [0.3, 0.4) is 0 Å². The van der Waals surface area contributed by atoms with Crippen LogP contribution < -0.4 is 10.1 Å². The molecule has 22 heavy (non-hydrogen) atoms. The lowest BCUT2D eigenvalue weighted by Gasteiger charge is -2.38. The molecule has 1 N–H and O–H groups in total. The van der Waals surface area contributed by atoms with E-state index in [-0.39, 0.29) is 6.04 Å². The molecule has 0 unspecified atom stereocenters. The minimum Gasteiger partial charge on any atom is -0.496 e. The van der Waals surface area contributed by atoms with E-state index in [0.717, 1.165) is 16.6 Å². The van der Waals surface area contributed by atoms with Gasteiger partial charge in [0.15, 0.2) is 0 Å². The fourth-order valence-electron chi connectivity index (χ4n) is 3.80. The summed E-state index contributed by atoms with van der Waals surface area (Å²) in [6.45, 7) is 0. The summed E-state index contributed by atoms with van der Waals surface area (Å²) in [6.07, 6.45) is 5.78. The first-order valence-electron chi connectivity index (χ1n) is 7.63. The van der Waals surface area contributed by atoms with Crippen molar-refractivity contribution in [3.63, 3.8) is 0 Å². The van der Waals surface area contributed by atoms with Crippen LogP contribution in [0.5, 0.6) is 5.75 Å². The standard InChI is InChI=1S/C19H18BrNO/c1-22-18-10-9-12(20)11-16(18)19-15-7-4-6-13(15)14-5-2-3-8-17(14)21-19/h2-6,8-11,13,15,19,21H,7H2,1H3/t13-,15-,19+/m1/s1. The zero-order chi connectivity index (χ0) is 15.1. The van der Waals surface area contributed by atoms with Crippen molar-refractivity contribution in [3.05, 3.63) is 70.2 Å². The van der Waals surface area contributed by atoms with Gasteiger partial charge in [0.2, 0.25) is 0 Å². The summed E-state index contributed by atoms with van der Waals surface area (Å²) in [5.41, 5.74) is 3.87. The van der Waals surface area contributed by atoms with Crippen LogP contribution in [0.25, 0.3) is 0 Å². The minimum atomic E-state index is 0.266. The number of allylic oxidation sites excluding steroid dienone is 2. The monoisotopic (exact) mass is 355 g/mol. The van der Waals surface area contributed by atoms with E-state index >= 15 is 0 Å². The third-order valence-corrected chi connectivity index (χ3v) is 5.29. The Morgan fingerprint density at radius 3 is 2.86 bits per heavy atom. The molecule has 2 aromatic rings. The summed E-state index contributed by atoms with van der Waals surface area (Å²) in [5, 5.41) is 3.75. The molecule has 3 atom stereocenters. The van der Waals surface area contributed by atoms with Crippen molar-refractivity contribution in [1.29, 1.82) is 0 Å². The molecular formula is C19H18BrNO. The van der Waals surface area contributed by atoms with E-state index in [1.807, 2.05) is 12.1 Å². The summed E-state index contributed by atoms with van der Waals surface area (Å²) < 4.78 is 6.70. The minimum absolute atomic E-state index is 0.266. The van der Waals surface area contributed by atoms with E-state index in [2.05, 4.69) is 63.7 Å². The lowest BCUT2D eigenvalue weighted by Crippen LogP contribution is -2.29. The number of anilines is 1. The highest BCUT2D eigenvalue weighted by atomic mass is 79.9. The molecule has 0 amide bonds. The fraction of sp³-hybridized carbons (Fsp3) is 0.263. The second-order valence-electron chi connectivity index (χ2n) is 5.95. The van der Waals surface area contributed by atoms with Crippen LogP contribution in [-0.2, 0) is 0 Å². The molecule has 0 bridgehead atoms. The van der Waals surface area contributed by atoms with Gasteiger partial charge in [0.05, 0.1) is 13.2 Å². The van der Waals surface area contributed by atoms with Crippen molar-refractivity contribution >= 4 is 21.6 Å². The van der Waals surface area contributed by atoms with Gasteiger partial charge in [0, 0.05) is 21.6 Å². The van der Waals surface area contributed by atoms with Gasteiger partial charge in [-0.25, -0.2) is 0 Å². The molecule has 4 rings (SSSR count). The Labute approximate surface area is 139 Å². The quantitative estimate of drug-likeness (QED) is 0.739. The molecule has 1 aliphatic heterocycles. The Balaban J connectivity index is 1.82. The summed E-state index contributed by atoms with van der Waals surface area (Å²) in [5.74, 6) is 1.98. The lowest BCUT2D eigenvalue weighted by atomic mass is 9.77. The molecular weight excluding hydrogens is 338 g/mol. The maximum absolute atomic E-state index is 5.61. The number of ether oxygens (including phenoxy) is 1. The first-order chi connectivity index (χ1) is 10.8. The molecule has 3 heteroatoms. The Morgan fingerprint density at radius 1 is 1.14 bits per heavy atom. The van der Waals surface area contributed by atoms with Crippen LogP contribution in [0, 0.1) is 5.92 Å². The summed E-state index contributed by atoms with van der Waals surface area (Å²) in [4.78, 5) is 0. The molecule has 2 aromatic carbocycles. The molecule has 112 valence electrons. The summed E-state index contributed by atoms with van der Waals surface area (Å²) in [6, 6.07) is 15.2. The normalized spacial score (nSPS) is 25.3. The van der Waals surface area contributed by atoms with Gasteiger partial charge in [-0.05, 0) is 42.2 Å². The van der Waals surface area contributed by atoms with Crippen molar-refractivity contribution < 1.29 is 4.74 Å². The van der Waals surface area contributed by atoms with Crippen LogP contribution in [0.2, 0.25) is 0 Å². The number of methoxy groups -OCH3 is 1. The molecule has 2 aliphatic rings. The van der Waals surface area contributed by atoms with Gasteiger partial charge in [-0.15, -0.1) is 0 Å². The molecule has 0 saturated carbocycles. The third kappa shape index (κ3) is 2.15. The molecule has 1 heterocycles. The maximum Gasteiger partial charge on any atom is 0.124 e. The molecule has 1 aliphatic carbocycles. The Kier molecular flexibility index (Phi) is 3.45. The number of nitrogens with one attached hydrogen (secondary N) is 1. The van der Waals surface area contributed by atoms with Crippen molar-refractivity contribution in [3.8, 4) is 5.75 Å². The van der Waals surface area contributed by atoms with Gasteiger partial charge >= 0.3 is 0 Å². The number of hydrogen-bond acceptors (Lipinski definition) is 2. The van der Waals surface area contributed by atoms with E-state index in [1.54, 1.807) is 7.11 Å². The number of para-hydroxylation sites is 1. The van der Waals surface area contributed by atoms with E-state index in [1.165, 1.54) is 16.8 Å².